The second-order valence-corrected chi connectivity index (χ2v) is 8.58. The Hall–Kier alpha value is -3.11. The highest BCUT2D eigenvalue weighted by molar-refractivity contribution is 5.90. The number of carbonyl (C=O) groups excluding carboxylic acids is 1. The van der Waals surface area contributed by atoms with Gasteiger partial charge in [0, 0.05) is 31.6 Å². The molecule has 0 saturated heterocycles. The molecule has 3 rings (SSSR count). The van der Waals surface area contributed by atoms with Gasteiger partial charge in [-0.25, -0.2) is 14.2 Å². The van der Waals surface area contributed by atoms with E-state index in [9.17, 15) is 24.2 Å². The molecule has 9 nitrogen and oxygen atoms in total. The predicted molar refractivity (Wildman–Crippen MR) is 123 cm³/mol. The van der Waals surface area contributed by atoms with Gasteiger partial charge in [-0.05, 0) is 62.6 Å². The Balaban J connectivity index is 1.70. The first-order valence-electron chi connectivity index (χ1n) is 11.5. The van der Waals surface area contributed by atoms with Crippen LogP contribution in [0.25, 0.3) is 0 Å². The second kappa shape index (κ2) is 11.8. The number of aliphatic carboxylic acids is 1. The molecule has 1 unspecified atom stereocenters. The Labute approximate surface area is 197 Å². The molecule has 0 saturated carbocycles. The third-order valence-electron chi connectivity index (χ3n) is 5.87. The maximum absolute atomic E-state index is 14.2. The van der Waals surface area contributed by atoms with E-state index in [0.717, 1.165) is 42.0 Å². The van der Waals surface area contributed by atoms with E-state index < -0.39 is 30.4 Å². The molecule has 0 aliphatic carbocycles. The van der Waals surface area contributed by atoms with Crippen molar-refractivity contribution in [3.63, 3.8) is 0 Å². The lowest BCUT2D eigenvalue weighted by atomic mass is 10.0. The molecule has 2 aromatic rings. The van der Waals surface area contributed by atoms with Gasteiger partial charge in [0.05, 0.1) is 5.69 Å². The molecule has 184 valence electrons. The summed E-state index contributed by atoms with van der Waals surface area (Å²) < 4.78 is 14.2. The van der Waals surface area contributed by atoms with Gasteiger partial charge >= 0.3 is 11.9 Å². The van der Waals surface area contributed by atoms with Gasteiger partial charge in [-0.1, -0.05) is 13.0 Å². The topological polar surface area (TPSA) is 125 Å². The lowest BCUT2D eigenvalue weighted by molar-refractivity contribution is -0.176. The van der Waals surface area contributed by atoms with Crippen molar-refractivity contribution in [3.05, 3.63) is 52.7 Å². The SMILES string of the molecule is Cc1nccc(F)c1C(=O)ON(CC(C)CCc1ccc2c(n1)NCCC2)[C@@H](CCO)C(=O)O. The number of carboxylic acids is 1. The van der Waals surface area contributed by atoms with Gasteiger partial charge in [0.15, 0.2) is 0 Å². The summed E-state index contributed by atoms with van der Waals surface area (Å²) in [4.78, 5) is 38.5. The molecule has 3 heterocycles. The summed E-state index contributed by atoms with van der Waals surface area (Å²) in [6.45, 7) is 3.96. The van der Waals surface area contributed by atoms with Crippen molar-refractivity contribution >= 4 is 17.8 Å². The number of hydrogen-bond acceptors (Lipinski definition) is 8. The standard InChI is InChI=1S/C24H31FN4O5/c1-15(5-7-18-8-6-17-4-3-11-27-22(17)28-18)14-29(20(10-13-30)23(31)32)34-24(33)21-16(2)26-12-9-19(21)25/h6,8-9,12,15,20,30H,3-5,7,10-11,13-14H2,1-2H3,(H,27,28)(H,31,32)/t15?,20-/m0/s1. The molecule has 0 spiro atoms. The van der Waals surface area contributed by atoms with Gasteiger partial charge in [0.1, 0.15) is 23.2 Å². The molecule has 1 aliphatic heterocycles. The van der Waals surface area contributed by atoms with Crippen LogP contribution in [-0.4, -0.2) is 62.9 Å². The van der Waals surface area contributed by atoms with E-state index >= 15 is 0 Å². The van der Waals surface area contributed by atoms with Crippen LogP contribution in [0.5, 0.6) is 0 Å². The zero-order valence-electron chi connectivity index (χ0n) is 19.5. The summed E-state index contributed by atoms with van der Waals surface area (Å²) >= 11 is 0. The zero-order chi connectivity index (χ0) is 24.7. The van der Waals surface area contributed by atoms with E-state index in [1.54, 1.807) is 0 Å². The predicted octanol–water partition coefficient (Wildman–Crippen LogP) is 2.76. The van der Waals surface area contributed by atoms with Crippen molar-refractivity contribution in [2.24, 2.45) is 5.92 Å². The van der Waals surface area contributed by atoms with E-state index in [1.807, 2.05) is 13.0 Å². The Kier molecular flexibility index (Phi) is 8.89. The molecular weight excluding hydrogens is 443 g/mol. The normalized spacial score (nSPS) is 14.7. The van der Waals surface area contributed by atoms with Crippen molar-refractivity contribution in [2.45, 2.75) is 52.0 Å². The number of nitrogens with one attached hydrogen (secondary N) is 1. The molecule has 2 atom stereocenters. The Morgan fingerprint density at radius 2 is 2.09 bits per heavy atom. The number of carboxylic acid groups (broad SMARTS) is 1. The van der Waals surface area contributed by atoms with Crippen LogP contribution in [0.2, 0.25) is 0 Å². The number of anilines is 1. The van der Waals surface area contributed by atoms with Crippen molar-refractivity contribution in [2.75, 3.05) is 25.0 Å². The van der Waals surface area contributed by atoms with Gasteiger partial charge in [-0.3, -0.25) is 9.78 Å². The van der Waals surface area contributed by atoms with E-state index in [4.69, 9.17) is 4.84 Å². The average molecular weight is 475 g/mol. The van der Waals surface area contributed by atoms with Gasteiger partial charge in [-0.15, -0.1) is 5.06 Å². The first-order valence-corrected chi connectivity index (χ1v) is 11.5. The molecular formula is C24H31FN4O5. The minimum absolute atomic E-state index is 0.0843. The van der Waals surface area contributed by atoms with E-state index in [-0.39, 0.29) is 30.1 Å². The highest BCUT2D eigenvalue weighted by atomic mass is 19.1. The minimum Gasteiger partial charge on any atom is -0.480 e. The first kappa shape index (κ1) is 25.5. The number of halogens is 1. The maximum atomic E-state index is 14.2. The highest BCUT2D eigenvalue weighted by Crippen LogP contribution is 2.22. The third kappa shape index (κ3) is 6.48. The number of hydrogen-bond donors (Lipinski definition) is 3. The number of carbonyl (C=O) groups is 2. The van der Waals surface area contributed by atoms with Crippen LogP contribution in [-0.2, 0) is 22.5 Å². The average Bonchev–Trinajstić information content (AvgIpc) is 2.80. The van der Waals surface area contributed by atoms with E-state index in [1.165, 1.54) is 18.7 Å². The summed E-state index contributed by atoms with van der Waals surface area (Å²) in [5.41, 5.74) is 1.91. The number of aromatic nitrogens is 2. The van der Waals surface area contributed by atoms with Crippen LogP contribution in [0, 0.1) is 18.7 Å². The Morgan fingerprint density at radius 3 is 2.79 bits per heavy atom. The highest BCUT2D eigenvalue weighted by Gasteiger charge is 2.31. The van der Waals surface area contributed by atoms with Crippen molar-refractivity contribution in [1.82, 2.24) is 15.0 Å². The number of nitrogens with zero attached hydrogens (tertiary/aromatic N) is 3. The van der Waals surface area contributed by atoms with E-state index in [0.29, 0.717) is 12.8 Å². The smallest absolute Gasteiger partial charge is 0.361 e. The molecule has 3 N–H and O–H groups in total. The van der Waals surface area contributed by atoms with Crippen molar-refractivity contribution in [3.8, 4) is 0 Å². The van der Waals surface area contributed by atoms with Crippen LogP contribution in [0.3, 0.4) is 0 Å². The van der Waals surface area contributed by atoms with Crippen LogP contribution in [0.15, 0.2) is 24.4 Å². The van der Waals surface area contributed by atoms with Gasteiger partial charge < -0.3 is 20.4 Å². The molecule has 1 aliphatic rings. The second-order valence-electron chi connectivity index (χ2n) is 8.58. The fourth-order valence-electron chi connectivity index (χ4n) is 3.97. The number of rotatable bonds is 11. The molecule has 34 heavy (non-hydrogen) atoms. The molecule has 0 fully saturated rings. The summed E-state index contributed by atoms with van der Waals surface area (Å²) in [5, 5.41) is 23.3. The zero-order valence-corrected chi connectivity index (χ0v) is 19.5. The van der Waals surface area contributed by atoms with Gasteiger partial charge in [-0.2, -0.15) is 0 Å². The number of fused-ring (bicyclic) bond motifs is 1. The number of aryl methyl sites for hydroxylation is 3. The summed E-state index contributed by atoms with van der Waals surface area (Å²) in [5.74, 6) is -2.25. The number of hydroxylamine groups is 2. The number of aliphatic hydroxyl groups is 1. The molecule has 0 amide bonds. The quantitative estimate of drug-likeness (QED) is 0.422. The summed E-state index contributed by atoms with van der Waals surface area (Å²) in [6.07, 6.45) is 4.49. The fraction of sp³-hybridized carbons (Fsp3) is 0.500. The van der Waals surface area contributed by atoms with Crippen LogP contribution in [0.1, 0.15) is 53.5 Å². The van der Waals surface area contributed by atoms with Crippen LogP contribution >= 0.6 is 0 Å². The first-order chi connectivity index (χ1) is 16.3. The Bertz CT molecular complexity index is 999. The molecule has 10 heteroatoms. The monoisotopic (exact) mass is 474 g/mol. The maximum Gasteiger partial charge on any atom is 0.361 e. The lowest BCUT2D eigenvalue weighted by Gasteiger charge is -2.29. The van der Waals surface area contributed by atoms with Gasteiger partial charge in [0.25, 0.3) is 0 Å². The minimum atomic E-state index is -1.28. The largest absolute Gasteiger partial charge is 0.480 e. The van der Waals surface area contributed by atoms with Crippen molar-refractivity contribution < 1.29 is 29.0 Å². The lowest BCUT2D eigenvalue weighted by Crippen LogP contribution is -2.45. The fourth-order valence-corrected chi connectivity index (χ4v) is 3.97. The molecule has 0 bridgehead atoms. The molecule has 0 aromatic carbocycles. The summed E-state index contributed by atoms with van der Waals surface area (Å²) in [7, 11) is 0. The third-order valence-corrected chi connectivity index (χ3v) is 5.87. The molecule has 0 radical (unpaired) electrons. The van der Waals surface area contributed by atoms with Crippen LogP contribution in [0.4, 0.5) is 10.2 Å². The number of pyridine rings is 2. The molecule has 2 aromatic heterocycles. The van der Waals surface area contributed by atoms with Gasteiger partial charge in [0.2, 0.25) is 0 Å². The Morgan fingerprint density at radius 1 is 1.29 bits per heavy atom. The number of aliphatic hydroxyl groups excluding tert-OH is 1. The summed E-state index contributed by atoms with van der Waals surface area (Å²) in [6, 6.07) is 3.84. The van der Waals surface area contributed by atoms with E-state index in [2.05, 4.69) is 21.4 Å². The van der Waals surface area contributed by atoms with Crippen LogP contribution < -0.4 is 5.32 Å². The van der Waals surface area contributed by atoms with Crippen molar-refractivity contribution in [1.29, 1.82) is 0 Å².